The first-order chi connectivity index (χ1) is 12.6. The summed E-state index contributed by atoms with van der Waals surface area (Å²) < 4.78 is 4.63. The van der Waals surface area contributed by atoms with Crippen molar-refractivity contribution in [2.75, 3.05) is 19.4 Å². The van der Waals surface area contributed by atoms with Crippen LogP contribution in [-0.2, 0) is 14.3 Å². The van der Waals surface area contributed by atoms with Crippen LogP contribution < -0.4 is 11.1 Å². The van der Waals surface area contributed by atoms with E-state index < -0.39 is 6.04 Å². The van der Waals surface area contributed by atoms with Crippen molar-refractivity contribution in [2.24, 2.45) is 5.73 Å². The molecule has 154 valence electrons. The maximum Gasteiger partial charge on any atom is 0.305 e. The highest BCUT2D eigenvalue weighted by Gasteiger charge is 2.10. The predicted molar refractivity (Wildman–Crippen MR) is 111 cm³/mol. The summed E-state index contributed by atoms with van der Waals surface area (Å²) in [5.41, 5.74) is 5.72. The summed E-state index contributed by atoms with van der Waals surface area (Å²) in [5.74, 6) is 0.498. The average molecular weight is 389 g/mol. The molecule has 0 saturated heterocycles. The van der Waals surface area contributed by atoms with Gasteiger partial charge in [-0.15, -0.1) is 0 Å². The van der Waals surface area contributed by atoms with Gasteiger partial charge in [0, 0.05) is 13.0 Å². The molecule has 0 aliphatic heterocycles. The maximum absolute atomic E-state index is 11.6. The van der Waals surface area contributed by atoms with E-state index in [0.29, 0.717) is 18.6 Å². The van der Waals surface area contributed by atoms with E-state index in [2.05, 4.69) is 22.7 Å². The number of ether oxygens (including phenoxy) is 1. The van der Waals surface area contributed by atoms with E-state index in [1.165, 1.54) is 64.9 Å². The molecule has 1 amide bonds. The van der Waals surface area contributed by atoms with Gasteiger partial charge in [0.2, 0.25) is 5.91 Å². The van der Waals surface area contributed by atoms with Gasteiger partial charge in [-0.3, -0.25) is 9.59 Å². The SMILES string of the molecule is COC(=O)CCCCCCCCCCCCCCNC(=O)C(N)CCS. The Morgan fingerprint density at radius 2 is 1.35 bits per heavy atom. The fourth-order valence-corrected chi connectivity index (χ4v) is 3.16. The second kappa shape index (κ2) is 19.0. The lowest BCUT2D eigenvalue weighted by atomic mass is 10.0. The minimum absolute atomic E-state index is 0.0515. The van der Waals surface area contributed by atoms with Crippen LogP contribution in [-0.4, -0.2) is 37.3 Å². The summed E-state index contributed by atoms with van der Waals surface area (Å²) in [4.78, 5) is 22.6. The fourth-order valence-electron chi connectivity index (χ4n) is 2.88. The molecule has 6 heteroatoms. The number of nitrogens with two attached hydrogens (primary N) is 1. The van der Waals surface area contributed by atoms with Crippen molar-refractivity contribution in [2.45, 2.75) is 95.9 Å². The molecule has 0 aromatic carbocycles. The number of thiol groups is 1. The standard InChI is InChI=1S/C20H40N2O3S/c1-25-19(23)14-12-10-8-6-4-2-3-5-7-9-11-13-16-22-20(24)18(21)15-17-26/h18,26H,2-17,21H2,1H3,(H,22,24). The largest absolute Gasteiger partial charge is 0.469 e. The summed E-state index contributed by atoms with van der Waals surface area (Å²) >= 11 is 4.09. The van der Waals surface area contributed by atoms with E-state index in [1.807, 2.05) is 0 Å². The lowest BCUT2D eigenvalue weighted by molar-refractivity contribution is -0.140. The zero-order chi connectivity index (χ0) is 19.5. The molecule has 0 rings (SSSR count). The second-order valence-corrected chi connectivity index (χ2v) is 7.43. The van der Waals surface area contributed by atoms with Crippen molar-refractivity contribution in [3.05, 3.63) is 0 Å². The molecule has 0 fully saturated rings. The van der Waals surface area contributed by atoms with Gasteiger partial charge in [-0.1, -0.05) is 64.2 Å². The van der Waals surface area contributed by atoms with Crippen LogP contribution in [0.3, 0.4) is 0 Å². The summed E-state index contributed by atoms with van der Waals surface area (Å²) in [6, 6.07) is -0.416. The quantitative estimate of drug-likeness (QED) is 0.188. The van der Waals surface area contributed by atoms with Crippen LogP contribution in [0.5, 0.6) is 0 Å². The molecule has 0 aliphatic carbocycles. The van der Waals surface area contributed by atoms with E-state index in [4.69, 9.17) is 5.73 Å². The van der Waals surface area contributed by atoms with Gasteiger partial charge in [0.25, 0.3) is 0 Å². The van der Waals surface area contributed by atoms with E-state index in [-0.39, 0.29) is 11.9 Å². The Hall–Kier alpha value is -0.750. The first kappa shape index (κ1) is 25.2. The van der Waals surface area contributed by atoms with Crippen molar-refractivity contribution in [3.8, 4) is 0 Å². The Kier molecular flexibility index (Phi) is 18.5. The van der Waals surface area contributed by atoms with Crippen LogP contribution in [0.15, 0.2) is 0 Å². The van der Waals surface area contributed by atoms with Gasteiger partial charge in [0.05, 0.1) is 13.2 Å². The predicted octanol–water partition coefficient (Wildman–Crippen LogP) is 3.99. The van der Waals surface area contributed by atoms with Crippen LogP contribution in [0.4, 0.5) is 0 Å². The Labute approximate surface area is 165 Å². The molecule has 0 aromatic rings. The van der Waals surface area contributed by atoms with E-state index >= 15 is 0 Å². The first-order valence-corrected chi connectivity index (χ1v) is 11.0. The number of amides is 1. The molecule has 0 saturated carbocycles. The number of hydrogen-bond acceptors (Lipinski definition) is 5. The van der Waals surface area contributed by atoms with Crippen LogP contribution >= 0.6 is 12.6 Å². The van der Waals surface area contributed by atoms with Crippen molar-refractivity contribution in [1.29, 1.82) is 0 Å². The number of methoxy groups -OCH3 is 1. The molecule has 0 spiro atoms. The highest BCUT2D eigenvalue weighted by atomic mass is 32.1. The van der Waals surface area contributed by atoms with Crippen LogP contribution in [0, 0.1) is 0 Å². The third-order valence-electron chi connectivity index (χ3n) is 4.61. The van der Waals surface area contributed by atoms with Gasteiger partial charge >= 0.3 is 5.97 Å². The molecule has 5 nitrogen and oxygen atoms in total. The van der Waals surface area contributed by atoms with Gasteiger partial charge in [-0.2, -0.15) is 12.6 Å². The van der Waals surface area contributed by atoms with Gasteiger partial charge in [-0.25, -0.2) is 0 Å². The highest BCUT2D eigenvalue weighted by Crippen LogP contribution is 2.12. The highest BCUT2D eigenvalue weighted by molar-refractivity contribution is 7.80. The van der Waals surface area contributed by atoms with Crippen LogP contribution in [0.25, 0.3) is 0 Å². The zero-order valence-corrected chi connectivity index (χ0v) is 17.5. The van der Waals surface area contributed by atoms with E-state index in [1.54, 1.807) is 0 Å². The molecule has 0 radical (unpaired) electrons. The molecule has 0 aliphatic rings. The number of esters is 1. The Balaban J connectivity index is 3.18. The summed E-state index contributed by atoms with van der Waals surface area (Å²) in [5, 5.41) is 2.89. The van der Waals surface area contributed by atoms with Crippen molar-refractivity contribution < 1.29 is 14.3 Å². The number of carbonyl (C=O) groups excluding carboxylic acids is 2. The molecule has 3 N–H and O–H groups in total. The number of carbonyl (C=O) groups is 2. The van der Waals surface area contributed by atoms with Gasteiger partial charge in [-0.05, 0) is 25.0 Å². The summed E-state index contributed by atoms with van der Waals surface area (Å²) in [6.07, 6.45) is 15.7. The lowest BCUT2D eigenvalue weighted by Gasteiger charge is -2.10. The lowest BCUT2D eigenvalue weighted by Crippen LogP contribution is -2.41. The Morgan fingerprint density at radius 1 is 0.885 bits per heavy atom. The third kappa shape index (κ3) is 16.7. The number of nitrogens with one attached hydrogen (secondary N) is 1. The minimum Gasteiger partial charge on any atom is -0.469 e. The van der Waals surface area contributed by atoms with Crippen molar-refractivity contribution in [1.82, 2.24) is 5.32 Å². The van der Waals surface area contributed by atoms with Crippen molar-refractivity contribution in [3.63, 3.8) is 0 Å². The van der Waals surface area contributed by atoms with E-state index in [9.17, 15) is 9.59 Å². The average Bonchev–Trinajstić information content (AvgIpc) is 2.64. The molecule has 1 unspecified atom stereocenters. The zero-order valence-electron chi connectivity index (χ0n) is 16.6. The molecular formula is C20H40N2O3S. The van der Waals surface area contributed by atoms with Gasteiger partial charge in [0.15, 0.2) is 0 Å². The Bertz CT molecular complexity index is 354. The number of hydrogen-bond donors (Lipinski definition) is 3. The summed E-state index contributed by atoms with van der Waals surface area (Å²) in [7, 11) is 1.45. The number of rotatable bonds is 18. The Morgan fingerprint density at radius 3 is 1.81 bits per heavy atom. The minimum atomic E-state index is -0.416. The molecule has 26 heavy (non-hydrogen) atoms. The molecule has 1 atom stereocenters. The first-order valence-electron chi connectivity index (χ1n) is 10.3. The maximum atomic E-state index is 11.6. The topological polar surface area (TPSA) is 81.4 Å². The van der Waals surface area contributed by atoms with Crippen LogP contribution in [0.2, 0.25) is 0 Å². The molecule has 0 aromatic heterocycles. The third-order valence-corrected chi connectivity index (χ3v) is 4.87. The van der Waals surface area contributed by atoms with Gasteiger partial charge in [0.1, 0.15) is 0 Å². The smallest absolute Gasteiger partial charge is 0.305 e. The number of unbranched alkanes of at least 4 members (excludes halogenated alkanes) is 11. The van der Waals surface area contributed by atoms with E-state index in [0.717, 1.165) is 25.8 Å². The molecular weight excluding hydrogens is 348 g/mol. The second-order valence-electron chi connectivity index (χ2n) is 6.98. The monoisotopic (exact) mass is 388 g/mol. The molecule has 0 heterocycles. The van der Waals surface area contributed by atoms with Crippen LogP contribution in [0.1, 0.15) is 89.9 Å². The summed E-state index contributed by atoms with van der Waals surface area (Å²) in [6.45, 7) is 0.731. The molecule has 0 bridgehead atoms. The fraction of sp³-hybridized carbons (Fsp3) is 0.900. The normalized spacial score (nSPS) is 12.0. The van der Waals surface area contributed by atoms with Gasteiger partial charge < -0.3 is 15.8 Å². The van der Waals surface area contributed by atoms with Crippen molar-refractivity contribution >= 4 is 24.5 Å².